The Hall–Kier alpha value is -1.23. The number of ketones is 1. The van der Waals surface area contributed by atoms with Crippen molar-refractivity contribution in [3.05, 3.63) is 34.9 Å². The summed E-state index contributed by atoms with van der Waals surface area (Å²) in [5.41, 5.74) is 3.97. The summed E-state index contributed by atoms with van der Waals surface area (Å²) in [4.78, 5) is 13.0. The van der Waals surface area contributed by atoms with Crippen LogP contribution in [0.2, 0.25) is 0 Å². The minimum atomic E-state index is -0.827. The van der Waals surface area contributed by atoms with Crippen LogP contribution in [0.25, 0.3) is 0 Å². The smallest absolute Gasteiger partial charge is 0.159 e. The monoisotopic (exact) mass is 400 g/mol. The molecule has 0 aromatic carbocycles. The van der Waals surface area contributed by atoms with Crippen molar-refractivity contribution in [2.24, 2.45) is 29.1 Å². The number of hydrogen-bond donors (Lipinski definition) is 3. The van der Waals surface area contributed by atoms with Gasteiger partial charge in [-0.15, -0.1) is 0 Å². The van der Waals surface area contributed by atoms with E-state index in [0.29, 0.717) is 30.6 Å². The summed E-state index contributed by atoms with van der Waals surface area (Å²) in [6, 6.07) is 0. The molecule has 4 aliphatic carbocycles. The zero-order valence-electron chi connectivity index (χ0n) is 18.0. The zero-order valence-corrected chi connectivity index (χ0v) is 18.0. The highest BCUT2D eigenvalue weighted by Crippen LogP contribution is 2.62. The molecule has 4 heteroatoms. The molecule has 2 saturated carbocycles. The Kier molecular flexibility index (Phi) is 5.65. The second-order valence-corrected chi connectivity index (χ2v) is 10.3. The molecule has 0 aromatic rings. The summed E-state index contributed by atoms with van der Waals surface area (Å²) < 4.78 is 0. The quantitative estimate of drug-likeness (QED) is 0.631. The van der Waals surface area contributed by atoms with Gasteiger partial charge in [0.2, 0.25) is 0 Å². The minimum Gasteiger partial charge on any atom is -0.393 e. The fraction of sp³-hybridized carbons (Fsp3) is 0.720. The first kappa shape index (κ1) is 21.0. The lowest BCUT2D eigenvalue weighted by Gasteiger charge is -2.46. The average molecular weight is 401 g/mol. The molecular weight excluding hydrogens is 364 g/mol. The number of hydrogen-bond acceptors (Lipinski definition) is 4. The van der Waals surface area contributed by atoms with E-state index in [1.54, 1.807) is 6.92 Å². The Morgan fingerprint density at radius 3 is 2.76 bits per heavy atom. The van der Waals surface area contributed by atoms with Crippen LogP contribution in [0.4, 0.5) is 0 Å². The number of carbonyl (C=O) groups is 1. The Labute approximate surface area is 174 Å². The summed E-state index contributed by atoms with van der Waals surface area (Å²) >= 11 is 0. The maximum Gasteiger partial charge on any atom is 0.159 e. The molecule has 0 aromatic heterocycles. The van der Waals surface area contributed by atoms with Crippen LogP contribution in [0, 0.1) is 29.1 Å². The van der Waals surface area contributed by atoms with Gasteiger partial charge < -0.3 is 15.3 Å². The van der Waals surface area contributed by atoms with E-state index in [2.05, 4.69) is 19.9 Å². The predicted octanol–water partition coefficient (Wildman–Crippen LogP) is 3.71. The Bertz CT molecular complexity index is 761. The molecule has 0 radical (unpaired) electrons. The number of aliphatic hydroxyl groups is 3. The number of allylic oxidation sites excluding steroid dienone is 4. The van der Waals surface area contributed by atoms with E-state index in [4.69, 9.17) is 0 Å². The van der Waals surface area contributed by atoms with Crippen molar-refractivity contribution in [2.75, 3.05) is 0 Å². The number of fused-ring (bicyclic) bond motifs is 6. The molecule has 160 valence electrons. The van der Waals surface area contributed by atoms with E-state index in [0.717, 1.165) is 32.1 Å². The molecule has 2 fully saturated rings. The minimum absolute atomic E-state index is 0.0665. The second-order valence-electron chi connectivity index (χ2n) is 10.3. The Morgan fingerprint density at radius 1 is 1.28 bits per heavy atom. The average Bonchev–Trinajstić information content (AvgIpc) is 2.80. The van der Waals surface area contributed by atoms with Crippen LogP contribution in [0.3, 0.4) is 0 Å². The van der Waals surface area contributed by atoms with E-state index < -0.39 is 18.3 Å². The van der Waals surface area contributed by atoms with Gasteiger partial charge >= 0.3 is 0 Å². The highest BCUT2D eigenvalue weighted by Gasteiger charge is 2.53. The highest BCUT2D eigenvalue weighted by atomic mass is 16.3. The SMILES string of the molecule is C/C(=C\[C@H](O)[C@H](C)O)[C@@H]1CC[C@@H]2C3=CC(=O)[C@H]4CC(=CC[C@H](O)C4)[C@H]3CC[C@@]21C. The van der Waals surface area contributed by atoms with Gasteiger partial charge in [0.1, 0.15) is 0 Å². The standard InChI is InChI=1S/C25H36O4/c1-14(10-23(28)15(2)26)21-6-7-22-20-13-24(29)17-11-16(4-5-18(27)12-17)19(20)8-9-25(21,22)3/h4,10,13,15,17-19,21-23,26-28H,5-9,11-12H2,1-3H3/b14-10+/t15-,17-,18-,19+,21-,22+,23-,25+/m0/s1. The van der Waals surface area contributed by atoms with E-state index in [9.17, 15) is 20.1 Å². The molecule has 0 saturated heterocycles. The van der Waals surface area contributed by atoms with Crippen molar-refractivity contribution in [2.45, 2.75) is 84.0 Å². The topological polar surface area (TPSA) is 77.8 Å². The molecule has 4 rings (SSSR count). The van der Waals surface area contributed by atoms with Crippen molar-refractivity contribution in [3.8, 4) is 0 Å². The van der Waals surface area contributed by atoms with E-state index in [1.165, 1.54) is 16.7 Å². The maximum atomic E-state index is 13.0. The summed E-state index contributed by atoms with van der Waals surface area (Å²) in [7, 11) is 0. The van der Waals surface area contributed by atoms with Crippen LogP contribution in [0.1, 0.15) is 65.7 Å². The Balaban J connectivity index is 1.66. The first-order valence-electron chi connectivity index (χ1n) is 11.4. The van der Waals surface area contributed by atoms with Crippen LogP contribution in [0.15, 0.2) is 34.9 Å². The molecule has 29 heavy (non-hydrogen) atoms. The highest BCUT2D eigenvalue weighted by molar-refractivity contribution is 5.93. The van der Waals surface area contributed by atoms with Crippen LogP contribution in [-0.4, -0.2) is 39.4 Å². The molecule has 0 unspecified atom stereocenters. The van der Waals surface area contributed by atoms with Crippen molar-refractivity contribution in [3.63, 3.8) is 0 Å². The van der Waals surface area contributed by atoms with Gasteiger partial charge in [0.25, 0.3) is 0 Å². The summed E-state index contributed by atoms with van der Waals surface area (Å²) in [6.07, 6.45) is 10.4. The first-order valence-corrected chi connectivity index (χ1v) is 11.4. The van der Waals surface area contributed by atoms with Gasteiger partial charge in [-0.3, -0.25) is 4.79 Å². The fourth-order valence-corrected chi connectivity index (χ4v) is 6.82. The molecule has 0 heterocycles. The lowest BCUT2D eigenvalue weighted by atomic mass is 9.58. The summed E-state index contributed by atoms with van der Waals surface area (Å²) in [5, 5.41) is 30.0. The zero-order chi connectivity index (χ0) is 20.9. The van der Waals surface area contributed by atoms with Crippen molar-refractivity contribution in [1.29, 1.82) is 0 Å². The second kappa shape index (κ2) is 7.79. The molecular formula is C25H36O4. The summed E-state index contributed by atoms with van der Waals surface area (Å²) in [6.45, 7) is 6.07. The van der Waals surface area contributed by atoms with Gasteiger partial charge in [0.05, 0.1) is 18.3 Å². The van der Waals surface area contributed by atoms with Crippen LogP contribution >= 0.6 is 0 Å². The van der Waals surface area contributed by atoms with Crippen molar-refractivity contribution in [1.82, 2.24) is 0 Å². The van der Waals surface area contributed by atoms with Crippen LogP contribution < -0.4 is 0 Å². The number of aliphatic hydroxyl groups excluding tert-OH is 3. The molecule has 0 aliphatic heterocycles. The van der Waals surface area contributed by atoms with Gasteiger partial charge in [0.15, 0.2) is 5.78 Å². The molecule has 0 spiro atoms. The van der Waals surface area contributed by atoms with E-state index >= 15 is 0 Å². The third-order valence-corrected chi connectivity index (χ3v) is 8.44. The summed E-state index contributed by atoms with van der Waals surface area (Å²) in [5.74, 6) is 1.27. The normalized spacial score (nSPS) is 42.1. The number of rotatable bonds is 3. The van der Waals surface area contributed by atoms with Gasteiger partial charge in [-0.05, 0) is 82.1 Å². The fourth-order valence-electron chi connectivity index (χ4n) is 6.82. The molecule has 3 N–H and O–H groups in total. The van der Waals surface area contributed by atoms with Gasteiger partial charge in [-0.1, -0.05) is 35.8 Å². The lowest BCUT2D eigenvalue weighted by molar-refractivity contribution is -0.119. The van der Waals surface area contributed by atoms with Gasteiger partial charge in [-0.25, -0.2) is 0 Å². The first-order chi connectivity index (χ1) is 13.7. The third kappa shape index (κ3) is 3.68. The molecule has 4 aliphatic rings. The third-order valence-electron chi connectivity index (χ3n) is 8.44. The van der Waals surface area contributed by atoms with Gasteiger partial charge in [0, 0.05) is 11.8 Å². The molecule has 2 bridgehead atoms. The van der Waals surface area contributed by atoms with Crippen LogP contribution in [-0.2, 0) is 4.79 Å². The Morgan fingerprint density at radius 2 is 2.03 bits per heavy atom. The molecule has 8 atom stereocenters. The van der Waals surface area contributed by atoms with Crippen molar-refractivity contribution >= 4 is 5.78 Å². The largest absolute Gasteiger partial charge is 0.393 e. The predicted molar refractivity (Wildman–Crippen MR) is 113 cm³/mol. The molecule has 4 nitrogen and oxygen atoms in total. The van der Waals surface area contributed by atoms with Crippen LogP contribution in [0.5, 0.6) is 0 Å². The van der Waals surface area contributed by atoms with E-state index in [-0.39, 0.29) is 17.1 Å². The van der Waals surface area contributed by atoms with Gasteiger partial charge in [-0.2, -0.15) is 0 Å². The maximum absolute atomic E-state index is 13.0. The number of carbonyl (C=O) groups excluding carboxylic acids is 1. The lowest BCUT2D eigenvalue weighted by Crippen LogP contribution is -2.37. The van der Waals surface area contributed by atoms with Crippen molar-refractivity contribution < 1.29 is 20.1 Å². The van der Waals surface area contributed by atoms with E-state index in [1.807, 2.05) is 12.2 Å². The molecule has 0 amide bonds.